The molecule has 4 rings (SSSR count). The van der Waals surface area contributed by atoms with E-state index in [0.29, 0.717) is 6.61 Å². The molecule has 0 saturated heterocycles. The summed E-state index contributed by atoms with van der Waals surface area (Å²) in [6, 6.07) is 21.8. The second-order valence-electron chi connectivity index (χ2n) is 7.21. The molecule has 0 aliphatic carbocycles. The first-order valence-electron chi connectivity index (χ1n) is 9.86. The van der Waals surface area contributed by atoms with Crippen molar-refractivity contribution in [3.8, 4) is 17.0 Å². The number of hydrazone groups is 1. The van der Waals surface area contributed by atoms with Crippen molar-refractivity contribution in [2.24, 2.45) is 5.10 Å². The van der Waals surface area contributed by atoms with E-state index in [1.54, 1.807) is 6.21 Å². The van der Waals surface area contributed by atoms with E-state index in [1.165, 1.54) is 22.5 Å². The maximum atomic E-state index is 5.92. The fraction of sp³-hybridized carbons (Fsp3) is 0.120. The minimum Gasteiger partial charge on any atom is -0.489 e. The molecule has 0 radical (unpaired) electrons. The number of aromatic nitrogens is 1. The van der Waals surface area contributed by atoms with Crippen LogP contribution in [0.5, 0.6) is 5.75 Å². The summed E-state index contributed by atoms with van der Waals surface area (Å²) in [4.78, 5) is 4.65. The maximum Gasteiger partial charge on any atom is 0.203 e. The number of rotatable bonds is 7. The second-order valence-corrected chi connectivity index (χ2v) is 8.51. The Labute approximate surface area is 191 Å². The van der Waals surface area contributed by atoms with Crippen LogP contribution in [0, 0.1) is 13.8 Å². The van der Waals surface area contributed by atoms with Crippen LogP contribution < -0.4 is 10.2 Å². The average Bonchev–Trinajstić information content (AvgIpc) is 3.22. The van der Waals surface area contributed by atoms with Crippen LogP contribution in [-0.2, 0) is 6.61 Å². The number of halogens is 1. The Hall–Kier alpha value is -3.15. The lowest BCUT2D eigenvalue weighted by Gasteiger charge is -2.07. The lowest BCUT2D eigenvalue weighted by molar-refractivity contribution is 0.306. The molecule has 0 saturated carbocycles. The van der Waals surface area contributed by atoms with Gasteiger partial charge < -0.3 is 4.74 Å². The van der Waals surface area contributed by atoms with Crippen molar-refractivity contribution in [2.45, 2.75) is 20.5 Å². The summed E-state index contributed by atoms with van der Waals surface area (Å²) in [7, 11) is 0. The van der Waals surface area contributed by atoms with Gasteiger partial charge in [0.1, 0.15) is 12.4 Å². The van der Waals surface area contributed by atoms with E-state index in [2.05, 4.69) is 47.6 Å². The summed E-state index contributed by atoms with van der Waals surface area (Å²) in [5.74, 6) is 0.783. The number of hydrogen-bond donors (Lipinski definition) is 1. The average molecular weight is 448 g/mol. The Kier molecular flexibility index (Phi) is 6.65. The quantitative estimate of drug-likeness (QED) is 0.242. The molecule has 4 aromatic rings. The van der Waals surface area contributed by atoms with Gasteiger partial charge in [0.15, 0.2) is 0 Å². The topological polar surface area (TPSA) is 46.5 Å². The molecule has 1 aromatic heterocycles. The third kappa shape index (κ3) is 5.72. The molecule has 0 amide bonds. The first-order chi connectivity index (χ1) is 15.1. The normalized spacial score (nSPS) is 11.1. The van der Waals surface area contributed by atoms with Crippen molar-refractivity contribution >= 4 is 34.3 Å². The number of aryl methyl sites for hydroxylation is 2. The van der Waals surface area contributed by atoms with Gasteiger partial charge in [-0.05, 0) is 54.8 Å². The zero-order chi connectivity index (χ0) is 21.6. The van der Waals surface area contributed by atoms with Crippen LogP contribution in [0.3, 0.4) is 0 Å². The van der Waals surface area contributed by atoms with E-state index in [9.17, 15) is 0 Å². The van der Waals surface area contributed by atoms with Gasteiger partial charge >= 0.3 is 0 Å². The molecule has 156 valence electrons. The van der Waals surface area contributed by atoms with E-state index in [0.717, 1.165) is 38.3 Å². The summed E-state index contributed by atoms with van der Waals surface area (Å²) >= 11 is 7.45. The highest BCUT2D eigenvalue weighted by atomic mass is 35.5. The zero-order valence-corrected chi connectivity index (χ0v) is 18.9. The summed E-state index contributed by atoms with van der Waals surface area (Å²) in [5, 5.41) is 7.84. The molecule has 0 fully saturated rings. The van der Waals surface area contributed by atoms with Gasteiger partial charge in [-0.1, -0.05) is 59.6 Å². The summed E-state index contributed by atoms with van der Waals surface area (Å²) < 4.78 is 5.87. The maximum absolute atomic E-state index is 5.92. The van der Waals surface area contributed by atoms with Gasteiger partial charge in [-0.2, -0.15) is 5.10 Å². The van der Waals surface area contributed by atoms with Crippen LogP contribution in [0.1, 0.15) is 22.3 Å². The second kappa shape index (κ2) is 9.77. The highest BCUT2D eigenvalue weighted by Gasteiger charge is 2.07. The van der Waals surface area contributed by atoms with Crippen molar-refractivity contribution in [2.75, 3.05) is 5.43 Å². The van der Waals surface area contributed by atoms with Crippen LogP contribution in [0.2, 0.25) is 5.02 Å². The predicted octanol–water partition coefficient (Wildman–Crippen LogP) is 7.11. The molecule has 1 N–H and O–H groups in total. The van der Waals surface area contributed by atoms with Gasteiger partial charge in [0.05, 0.1) is 11.9 Å². The highest BCUT2D eigenvalue weighted by molar-refractivity contribution is 7.14. The number of thiazole rings is 1. The summed E-state index contributed by atoms with van der Waals surface area (Å²) in [6.07, 6.45) is 1.76. The number of benzene rings is 3. The first-order valence-corrected chi connectivity index (χ1v) is 11.1. The van der Waals surface area contributed by atoms with Crippen molar-refractivity contribution in [3.63, 3.8) is 0 Å². The van der Waals surface area contributed by atoms with Crippen LogP contribution in [0.4, 0.5) is 5.13 Å². The lowest BCUT2D eigenvalue weighted by Crippen LogP contribution is -1.96. The molecular weight excluding hydrogens is 426 g/mol. The smallest absolute Gasteiger partial charge is 0.203 e. The number of nitrogens with zero attached hydrogens (tertiary/aromatic N) is 2. The largest absolute Gasteiger partial charge is 0.489 e. The molecule has 0 bridgehead atoms. The van der Waals surface area contributed by atoms with Crippen LogP contribution >= 0.6 is 22.9 Å². The summed E-state index contributed by atoms with van der Waals surface area (Å²) in [6.45, 7) is 4.68. The third-order valence-corrected chi connectivity index (χ3v) is 5.71. The minimum absolute atomic E-state index is 0.482. The summed E-state index contributed by atoms with van der Waals surface area (Å²) in [5.41, 5.74) is 9.59. The Morgan fingerprint density at radius 2 is 1.90 bits per heavy atom. The number of hydrogen-bond acceptors (Lipinski definition) is 5. The van der Waals surface area contributed by atoms with E-state index in [-0.39, 0.29) is 0 Å². The SMILES string of the molecule is Cc1ccc(-c2csc(N/N=C\c3cccc(OCc4ccc(Cl)cc4)c3)n2)c(C)c1. The van der Waals surface area contributed by atoms with Crippen molar-refractivity contribution in [1.29, 1.82) is 0 Å². The fourth-order valence-corrected chi connectivity index (χ4v) is 3.93. The van der Waals surface area contributed by atoms with E-state index in [1.807, 2.05) is 53.9 Å². The van der Waals surface area contributed by atoms with Crippen LogP contribution in [-0.4, -0.2) is 11.2 Å². The fourth-order valence-electron chi connectivity index (χ4n) is 3.14. The Bertz CT molecular complexity index is 1200. The van der Waals surface area contributed by atoms with Crippen LogP contribution in [0.15, 0.2) is 77.2 Å². The molecule has 1 heterocycles. The van der Waals surface area contributed by atoms with Gasteiger partial charge in [0.25, 0.3) is 0 Å². The standard InChI is InChI=1S/C25H22ClN3OS/c1-17-6-11-23(18(2)12-17)24-16-31-25(28-24)29-27-14-20-4-3-5-22(13-20)30-15-19-7-9-21(26)10-8-19/h3-14,16H,15H2,1-2H3,(H,28,29)/b27-14-. The Morgan fingerprint density at radius 3 is 2.71 bits per heavy atom. The molecule has 3 aromatic carbocycles. The molecule has 0 atom stereocenters. The monoisotopic (exact) mass is 447 g/mol. The van der Waals surface area contributed by atoms with Gasteiger partial charge in [0, 0.05) is 16.0 Å². The number of nitrogens with one attached hydrogen (secondary N) is 1. The lowest BCUT2D eigenvalue weighted by atomic mass is 10.0. The molecular formula is C25H22ClN3OS. The van der Waals surface area contributed by atoms with Crippen molar-refractivity contribution in [1.82, 2.24) is 4.98 Å². The van der Waals surface area contributed by atoms with Crippen molar-refractivity contribution < 1.29 is 4.74 Å². The zero-order valence-electron chi connectivity index (χ0n) is 17.3. The predicted molar refractivity (Wildman–Crippen MR) is 130 cm³/mol. The molecule has 31 heavy (non-hydrogen) atoms. The van der Waals surface area contributed by atoms with Gasteiger partial charge in [0.2, 0.25) is 5.13 Å². The van der Waals surface area contributed by atoms with Crippen molar-refractivity contribution in [3.05, 3.63) is 99.4 Å². The Morgan fingerprint density at radius 1 is 1.06 bits per heavy atom. The minimum atomic E-state index is 0.482. The molecule has 0 aliphatic rings. The highest BCUT2D eigenvalue weighted by Crippen LogP contribution is 2.28. The molecule has 0 unspecified atom stereocenters. The van der Waals surface area contributed by atoms with E-state index < -0.39 is 0 Å². The van der Waals surface area contributed by atoms with Gasteiger partial charge in [-0.25, -0.2) is 4.98 Å². The Balaban J connectivity index is 1.36. The van der Waals surface area contributed by atoms with Crippen LogP contribution in [0.25, 0.3) is 11.3 Å². The van der Waals surface area contributed by atoms with Gasteiger partial charge in [-0.15, -0.1) is 11.3 Å². The third-order valence-electron chi connectivity index (χ3n) is 4.71. The van der Waals surface area contributed by atoms with E-state index >= 15 is 0 Å². The van der Waals surface area contributed by atoms with Gasteiger partial charge in [-0.3, -0.25) is 5.43 Å². The number of ether oxygens (including phenoxy) is 1. The molecule has 0 aliphatic heterocycles. The number of anilines is 1. The first kappa shape index (κ1) is 21.1. The molecule has 6 heteroatoms. The molecule has 4 nitrogen and oxygen atoms in total. The van der Waals surface area contributed by atoms with E-state index in [4.69, 9.17) is 16.3 Å². The molecule has 0 spiro atoms.